The molecule has 0 bridgehead atoms. The first kappa shape index (κ1) is 23.4. The predicted molar refractivity (Wildman–Crippen MR) is 129 cm³/mol. The van der Waals surface area contributed by atoms with Crippen LogP contribution < -0.4 is 10.2 Å². The molecule has 1 fully saturated rings. The number of benzene rings is 2. The summed E-state index contributed by atoms with van der Waals surface area (Å²) in [5.74, 6) is -0.510. The van der Waals surface area contributed by atoms with Crippen molar-refractivity contribution in [1.29, 1.82) is 0 Å². The maximum Gasteiger partial charge on any atom is 0.220 e. The normalized spacial score (nSPS) is 17.0. The maximum atomic E-state index is 14.1. The number of nitrogens with zero attached hydrogens (tertiary/aromatic N) is 2. The van der Waals surface area contributed by atoms with Crippen molar-refractivity contribution in [1.82, 2.24) is 10.2 Å². The van der Waals surface area contributed by atoms with E-state index in [1.54, 1.807) is 0 Å². The van der Waals surface area contributed by atoms with Crippen LogP contribution in [-0.4, -0.2) is 49.3 Å². The van der Waals surface area contributed by atoms with Gasteiger partial charge in [-0.1, -0.05) is 19.1 Å². The average Bonchev–Trinajstić information content (AvgIpc) is 3.30. The van der Waals surface area contributed by atoms with Crippen LogP contribution in [0.25, 0.3) is 0 Å². The second kappa shape index (κ2) is 10.5. The van der Waals surface area contributed by atoms with Gasteiger partial charge in [0.1, 0.15) is 5.82 Å². The van der Waals surface area contributed by atoms with Crippen LogP contribution in [0.15, 0.2) is 36.4 Å². The smallest absolute Gasteiger partial charge is 0.220 e. The fourth-order valence-corrected chi connectivity index (χ4v) is 4.97. The van der Waals surface area contributed by atoms with Crippen LogP contribution in [0.5, 0.6) is 0 Å². The lowest BCUT2D eigenvalue weighted by Gasteiger charge is -2.37. The Balaban J connectivity index is 1.36. The van der Waals surface area contributed by atoms with E-state index in [1.165, 1.54) is 23.3 Å². The number of carbonyl (C=O) groups excluding carboxylic acids is 2. The molecule has 6 heteroatoms. The van der Waals surface area contributed by atoms with Crippen LogP contribution >= 0.6 is 0 Å². The highest BCUT2D eigenvalue weighted by molar-refractivity contribution is 5.98. The highest BCUT2D eigenvalue weighted by Gasteiger charge is 2.22. The third-order valence-electron chi connectivity index (χ3n) is 6.99. The summed E-state index contributed by atoms with van der Waals surface area (Å²) in [6.07, 6.45) is 3.55. The van der Waals surface area contributed by atoms with E-state index < -0.39 is 0 Å². The third-order valence-corrected chi connectivity index (χ3v) is 6.99. The molecule has 5 nitrogen and oxygen atoms in total. The first-order chi connectivity index (χ1) is 15.9. The maximum absolute atomic E-state index is 14.1. The van der Waals surface area contributed by atoms with E-state index in [2.05, 4.69) is 22.0 Å². The molecule has 0 radical (unpaired) electrons. The van der Waals surface area contributed by atoms with Crippen LogP contribution in [-0.2, 0) is 17.6 Å². The number of piperazine rings is 1. The van der Waals surface area contributed by atoms with Gasteiger partial charge in [0.2, 0.25) is 5.91 Å². The van der Waals surface area contributed by atoms with Gasteiger partial charge in [0.25, 0.3) is 0 Å². The molecule has 1 aliphatic heterocycles. The number of halogens is 1. The van der Waals surface area contributed by atoms with E-state index >= 15 is 0 Å². The molecular formula is C27H34FN3O2. The minimum Gasteiger partial charge on any atom is -0.369 e. The van der Waals surface area contributed by atoms with Gasteiger partial charge in [0, 0.05) is 55.8 Å². The third kappa shape index (κ3) is 5.61. The lowest BCUT2D eigenvalue weighted by Crippen LogP contribution is -2.46. The number of ketones is 1. The number of fused-ring (bicyclic) bond motifs is 1. The number of hydrogen-bond donors (Lipinski definition) is 1. The molecule has 1 heterocycles. The van der Waals surface area contributed by atoms with E-state index in [1.807, 2.05) is 31.2 Å². The topological polar surface area (TPSA) is 52.6 Å². The zero-order chi connectivity index (χ0) is 23.4. The van der Waals surface area contributed by atoms with E-state index in [9.17, 15) is 14.0 Å². The fraction of sp³-hybridized carbons (Fsp3) is 0.481. The quantitative estimate of drug-likeness (QED) is 0.608. The number of aryl methyl sites for hydroxylation is 2. The van der Waals surface area contributed by atoms with Gasteiger partial charge in [-0.15, -0.1) is 0 Å². The largest absolute Gasteiger partial charge is 0.369 e. The second-order valence-electron chi connectivity index (χ2n) is 9.17. The second-order valence-corrected chi connectivity index (χ2v) is 9.17. The van der Waals surface area contributed by atoms with Gasteiger partial charge in [-0.2, -0.15) is 0 Å². The van der Waals surface area contributed by atoms with Crippen molar-refractivity contribution in [3.8, 4) is 0 Å². The van der Waals surface area contributed by atoms with Crippen LogP contribution in [0.3, 0.4) is 0 Å². The summed E-state index contributed by atoms with van der Waals surface area (Å²) in [4.78, 5) is 29.9. The van der Waals surface area contributed by atoms with Gasteiger partial charge in [-0.05, 0) is 68.1 Å². The van der Waals surface area contributed by atoms with E-state index in [-0.39, 0.29) is 36.4 Å². The Hall–Kier alpha value is -2.73. The summed E-state index contributed by atoms with van der Waals surface area (Å²) in [6.45, 7) is 8.76. The number of likely N-dealkylation sites (N-methyl/N-ethyl adjacent to an activating group) is 1. The summed E-state index contributed by atoms with van der Waals surface area (Å²) in [7, 11) is 0. The number of hydrogen-bond acceptors (Lipinski definition) is 4. The van der Waals surface area contributed by atoms with Crippen molar-refractivity contribution in [3.05, 3.63) is 64.5 Å². The van der Waals surface area contributed by atoms with Gasteiger partial charge < -0.3 is 15.1 Å². The summed E-state index contributed by atoms with van der Waals surface area (Å²) in [6, 6.07) is 10.4. The molecule has 4 rings (SSSR count). The fourth-order valence-electron chi connectivity index (χ4n) is 4.97. The van der Waals surface area contributed by atoms with Crippen molar-refractivity contribution >= 4 is 17.4 Å². The summed E-state index contributed by atoms with van der Waals surface area (Å²) < 4.78 is 14.1. The molecule has 2 aliphatic rings. The van der Waals surface area contributed by atoms with Crippen LogP contribution in [0.4, 0.5) is 10.1 Å². The van der Waals surface area contributed by atoms with E-state index in [0.29, 0.717) is 5.56 Å². The average molecular weight is 452 g/mol. The van der Waals surface area contributed by atoms with Crippen LogP contribution in [0.1, 0.15) is 66.2 Å². The first-order valence-corrected chi connectivity index (χ1v) is 12.2. The molecule has 0 saturated carbocycles. The molecule has 1 aliphatic carbocycles. The molecule has 33 heavy (non-hydrogen) atoms. The Morgan fingerprint density at radius 3 is 2.52 bits per heavy atom. The highest BCUT2D eigenvalue weighted by atomic mass is 19.1. The SMILES string of the molecule is CCN1CCN(c2ccc(F)cc2C(C)NC(=O)CCC(=O)c2ccc3c(c2)CCC3)CC1. The monoisotopic (exact) mass is 451 g/mol. The molecule has 2 aromatic carbocycles. The Kier molecular flexibility index (Phi) is 7.43. The number of carbonyl (C=O) groups is 2. The lowest BCUT2D eigenvalue weighted by molar-refractivity contribution is -0.121. The number of amides is 1. The lowest BCUT2D eigenvalue weighted by atomic mass is 10.0. The van der Waals surface area contributed by atoms with Gasteiger partial charge in [-0.25, -0.2) is 4.39 Å². The number of rotatable bonds is 8. The molecular weight excluding hydrogens is 417 g/mol. The molecule has 2 aromatic rings. The van der Waals surface area contributed by atoms with E-state index in [4.69, 9.17) is 0 Å². The Morgan fingerprint density at radius 2 is 1.76 bits per heavy atom. The van der Waals surface area contributed by atoms with Gasteiger partial charge in [0.05, 0.1) is 6.04 Å². The Bertz CT molecular complexity index is 1010. The molecule has 1 saturated heterocycles. The highest BCUT2D eigenvalue weighted by Crippen LogP contribution is 2.29. The van der Waals surface area contributed by atoms with Gasteiger partial charge >= 0.3 is 0 Å². The van der Waals surface area contributed by atoms with Crippen molar-refractivity contribution < 1.29 is 14.0 Å². The predicted octanol–water partition coefficient (Wildman–Crippen LogP) is 4.30. The summed E-state index contributed by atoms with van der Waals surface area (Å²) >= 11 is 0. The number of Topliss-reactive ketones (excluding diaryl/α,β-unsaturated/α-hetero) is 1. The molecule has 0 aromatic heterocycles. The molecule has 0 spiro atoms. The zero-order valence-corrected chi connectivity index (χ0v) is 19.7. The van der Waals surface area contributed by atoms with Crippen LogP contribution in [0.2, 0.25) is 0 Å². The zero-order valence-electron chi connectivity index (χ0n) is 19.7. The van der Waals surface area contributed by atoms with Crippen LogP contribution in [0, 0.1) is 5.82 Å². The Labute approximate surface area is 196 Å². The minimum absolute atomic E-state index is 0.00672. The Morgan fingerprint density at radius 1 is 1.00 bits per heavy atom. The summed E-state index contributed by atoms with van der Waals surface area (Å²) in [5.41, 5.74) is 5.03. The van der Waals surface area contributed by atoms with E-state index in [0.717, 1.165) is 63.2 Å². The van der Waals surface area contributed by atoms with Crippen molar-refractivity contribution in [2.45, 2.75) is 52.0 Å². The van der Waals surface area contributed by atoms with Crippen molar-refractivity contribution in [3.63, 3.8) is 0 Å². The summed E-state index contributed by atoms with van der Waals surface area (Å²) in [5, 5.41) is 2.98. The van der Waals surface area contributed by atoms with Gasteiger partial charge in [0.15, 0.2) is 5.78 Å². The molecule has 1 unspecified atom stereocenters. The molecule has 1 N–H and O–H groups in total. The number of nitrogens with one attached hydrogen (secondary N) is 1. The molecule has 1 amide bonds. The van der Waals surface area contributed by atoms with Crippen molar-refractivity contribution in [2.24, 2.45) is 0 Å². The first-order valence-electron chi connectivity index (χ1n) is 12.2. The molecule has 1 atom stereocenters. The minimum atomic E-state index is -0.345. The van der Waals surface area contributed by atoms with Gasteiger partial charge in [-0.3, -0.25) is 9.59 Å². The molecule has 176 valence electrons. The van der Waals surface area contributed by atoms with Crippen molar-refractivity contribution in [2.75, 3.05) is 37.6 Å². The number of anilines is 1. The standard InChI is InChI=1S/C27H34FN3O2/c1-3-30-13-15-31(16-14-30)25-10-9-23(28)18-24(25)19(2)29-27(33)12-11-26(32)22-8-7-20-5-4-6-21(20)17-22/h7-10,17-19H,3-6,11-16H2,1-2H3,(H,29,33).